The molecule has 0 bridgehead atoms. The van der Waals surface area contributed by atoms with Gasteiger partial charge in [-0.3, -0.25) is 9.59 Å². The summed E-state index contributed by atoms with van der Waals surface area (Å²) in [5.41, 5.74) is 4.42. The van der Waals surface area contributed by atoms with E-state index < -0.39 is 0 Å². The Morgan fingerprint density at radius 3 is 2.85 bits per heavy atom. The van der Waals surface area contributed by atoms with E-state index in [0.29, 0.717) is 13.0 Å². The molecule has 2 N–H and O–H groups in total. The van der Waals surface area contributed by atoms with Crippen LogP contribution in [0.4, 0.5) is 0 Å². The van der Waals surface area contributed by atoms with Gasteiger partial charge >= 0.3 is 0 Å². The molecule has 0 unspecified atom stereocenters. The average molecular weight is 353 g/mol. The second-order valence-corrected chi connectivity index (χ2v) is 7.46. The number of amides is 2. The Morgan fingerprint density at radius 2 is 2.00 bits per heavy atom. The average Bonchev–Trinajstić information content (AvgIpc) is 3.13. The fourth-order valence-electron chi connectivity index (χ4n) is 4.30. The van der Waals surface area contributed by atoms with Gasteiger partial charge in [-0.2, -0.15) is 0 Å². The largest absolute Gasteiger partial charge is 0.358 e. The van der Waals surface area contributed by atoms with E-state index in [-0.39, 0.29) is 11.8 Å². The Bertz CT molecular complexity index is 824. The maximum atomic E-state index is 12.7. The number of hydrogen-bond acceptors (Lipinski definition) is 2. The first kappa shape index (κ1) is 17.1. The van der Waals surface area contributed by atoms with E-state index in [0.717, 1.165) is 49.9 Å². The molecule has 0 spiro atoms. The predicted molar refractivity (Wildman–Crippen MR) is 102 cm³/mol. The highest BCUT2D eigenvalue weighted by Crippen LogP contribution is 2.30. The van der Waals surface area contributed by atoms with Crippen LogP contribution in [0.2, 0.25) is 0 Å². The lowest BCUT2D eigenvalue weighted by Crippen LogP contribution is -2.30. The number of fused-ring (bicyclic) bond motifs is 3. The second-order valence-electron chi connectivity index (χ2n) is 7.46. The van der Waals surface area contributed by atoms with Crippen LogP contribution in [0.3, 0.4) is 0 Å². The lowest BCUT2D eigenvalue weighted by Gasteiger charge is -2.15. The van der Waals surface area contributed by atoms with Gasteiger partial charge in [-0.15, -0.1) is 0 Å². The maximum absolute atomic E-state index is 12.7. The van der Waals surface area contributed by atoms with Crippen molar-refractivity contribution in [3.8, 4) is 0 Å². The van der Waals surface area contributed by atoms with E-state index in [1.807, 2.05) is 17.0 Å². The molecule has 2 amide bonds. The van der Waals surface area contributed by atoms with Gasteiger partial charge in [-0.25, -0.2) is 0 Å². The number of para-hydroxylation sites is 1. The minimum atomic E-state index is -0.0280. The van der Waals surface area contributed by atoms with Crippen molar-refractivity contribution in [2.24, 2.45) is 0 Å². The highest BCUT2D eigenvalue weighted by molar-refractivity contribution is 6.06. The smallest absolute Gasteiger partial charge is 0.253 e. The number of nitrogens with zero attached hydrogens (tertiary/aromatic N) is 1. The summed E-state index contributed by atoms with van der Waals surface area (Å²) in [7, 11) is 0. The fraction of sp³-hybridized carbons (Fsp3) is 0.524. The molecule has 5 heteroatoms. The van der Waals surface area contributed by atoms with Crippen LogP contribution in [0.5, 0.6) is 0 Å². The third kappa shape index (κ3) is 3.35. The van der Waals surface area contributed by atoms with Crippen LogP contribution in [-0.4, -0.2) is 41.3 Å². The Balaban J connectivity index is 1.42. The number of benzene rings is 1. The van der Waals surface area contributed by atoms with Gasteiger partial charge in [0.05, 0.1) is 11.1 Å². The van der Waals surface area contributed by atoms with Crippen molar-refractivity contribution in [2.45, 2.75) is 51.4 Å². The molecule has 2 aliphatic rings. The monoisotopic (exact) mass is 353 g/mol. The van der Waals surface area contributed by atoms with Gasteiger partial charge in [0.25, 0.3) is 5.91 Å². The molecule has 5 nitrogen and oxygen atoms in total. The fourth-order valence-corrected chi connectivity index (χ4v) is 4.30. The third-order valence-corrected chi connectivity index (χ3v) is 5.69. The number of rotatable bonds is 5. The molecule has 0 saturated carbocycles. The minimum Gasteiger partial charge on any atom is -0.358 e. The maximum Gasteiger partial charge on any atom is 0.253 e. The van der Waals surface area contributed by atoms with E-state index in [1.54, 1.807) is 0 Å². The van der Waals surface area contributed by atoms with Gasteiger partial charge in [0.2, 0.25) is 5.91 Å². The van der Waals surface area contributed by atoms with Crippen LogP contribution in [0.15, 0.2) is 18.2 Å². The lowest BCUT2D eigenvalue weighted by atomic mass is 10.0. The molecule has 0 radical (unpaired) electrons. The molecule has 1 saturated heterocycles. The molecule has 138 valence electrons. The summed E-state index contributed by atoms with van der Waals surface area (Å²) in [5, 5.41) is 4.23. The number of aromatic nitrogens is 1. The molecule has 1 fully saturated rings. The van der Waals surface area contributed by atoms with Crippen molar-refractivity contribution in [3.05, 3.63) is 35.0 Å². The lowest BCUT2D eigenvalue weighted by molar-refractivity contribution is -0.127. The molecule has 4 rings (SSSR count). The number of H-pyrrole nitrogens is 1. The summed E-state index contributed by atoms with van der Waals surface area (Å²) in [5.74, 6) is 0.216. The highest BCUT2D eigenvalue weighted by atomic mass is 16.2. The third-order valence-electron chi connectivity index (χ3n) is 5.69. The van der Waals surface area contributed by atoms with Gasteiger partial charge in [-0.05, 0) is 50.2 Å². The Hall–Kier alpha value is -2.30. The summed E-state index contributed by atoms with van der Waals surface area (Å²) in [4.78, 5) is 29.7. The topological polar surface area (TPSA) is 65.2 Å². The first-order valence-corrected chi connectivity index (χ1v) is 9.92. The Labute approximate surface area is 154 Å². The van der Waals surface area contributed by atoms with Crippen molar-refractivity contribution in [1.29, 1.82) is 0 Å². The zero-order valence-corrected chi connectivity index (χ0v) is 15.3. The van der Waals surface area contributed by atoms with Crippen molar-refractivity contribution in [3.63, 3.8) is 0 Å². The van der Waals surface area contributed by atoms with E-state index >= 15 is 0 Å². The molecule has 1 aromatic heterocycles. The van der Waals surface area contributed by atoms with Crippen LogP contribution in [0, 0.1) is 0 Å². The van der Waals surface area contributed by atoms with E-state index in [1.165, 1.54) is 35.9 Å². The molecule has 2 heterocycles. The van der Waals surface area contributed by atoms with Crippen molar-refractivity contribution in [2.75, 3.05) is 19.6 Å². The van der Waals surface area contributed by atoms with Crippen LogP contribution in [0.1, 0.15) is 60.1 Å². The van der Waals surface area contributed by atoms with Crippen LogP contribution < -0.4 is 5.32 Å². The standard InChI is InChI=1S/C21H27N3O2/c25-19-11-5-13-24(19)14-6-12-22-21(26)17-9-4-8-16-15-7-2-1-3-10-18(15)23-20(16)17/h4,8-9,23H,1-3,5-7,10-14H2,(H,22,26). The van der Waals surface area contributed by atoms with Crippen LogP contribution >= 0.6 is 0 Å². The molecule has 2 aromatic rings. The second kappa shape index (κ2) is 7.52. The summed E-state index contributed by atoms with van der Waals surface area (Å²) in [6.45, 7) is 2.19. The number of aromatic amines is 1. The van der Waals surface area contributed by atoms with Gasteiger partial charge in [0.15, 0.2) is 0 Å². The molecule has 1 aromatic carbocycles. The number of aryl methyl sites for hydroxylation is 2. The molecule has 1 aliphatic heterocycles. The van der Waals surface area contributed by atoms with Gasteiger partial charge in [0, 0.05) is 37.1 Å². The number of carbonyl (C=O) groups excluding carboxylic acids is 2. The molecular formula is C21H27N3O2. The quantitative estimate of drug-likeness (QED) is 0.640. The number of hydrogen-bond donors (Lipinski definition) is 2. The molecule has 26 heavy (non-hydrogen) atoms. The summed E-state index contributed by atoms with van der Waals surface area (Å²) in [6, 6.07) is 6.02. The SMILES string of the molecule is O=C(NCCCN1CCCC1=O)c1cccc2c3c([nH]c12)CCCCC3. The minimum absolute atomic E-state index is 0.0280. The Kier molecular flexibility index (Phi) is 4.96. The van der Waals surface area contributed by atoms with Crippen molar-refractivity contribution < 1.29 is 9.59 Å². The molecular weight excluding hydrogens is 326 g/mol. The number of likely N-dealkylation sites (tertiary alicyclic amines) is 1. The van der Waals surface area contributed by atoms with E-state index in [2.05, 4.69) is 16.4 Å². The van der Waals surface area contributed by atoms with Gasteiger partial charge in [-0.1, -0.05) is 18.6 Å². The van der Waals surface area contributed by atoms with Crippen molar-refractivity contribution in [1.82, 2.24) is 15.2 Å². The zero-order chi connectivity index (χ0) is 17.9. The van der Waals surface area contributed by atoms with Gasteiger partial charge < -0.3 is 15.2 Å². The number of carbonyl (C=O) groups is 2. The highest BCUT2D eigenvalue weighted by Gasteiger charge is 2.20. The summed E-state index contributed by atoms with van der Waals surface area (Å²) < 4.78 is 0. The van der Waals surface area contributed by atoms with Crippen LogP contribution in [-0.2, 0) is 17.6 Å². The molecule has 0 atom stereocenters. The normalized spacial score (nSPS) is 17.4. The van der Waals surface area contributed by atoms with Gasteiger partial charge in [0.1, 0.15) is 0 Å². The zero-order valence-electron chi connectivity index (χ0n) is 15.3. The summed E-state index contributed by atoms with van der Waals surface area (Å²) >= 11 is 0. The van der Waals surface area contributed by atoms with Crippen molar-refractivity contribution >= 4 is 22.7 Å². The number of nitrogens with one attached hydrogen (secondary N) is 2. The van der Waals surface area contributed by atoms with E-state index in [9.17, 15) is 9.59 Å². The predicted octanol–water partition coefficient (Wildman–Crippen LogP) is 3.18. The van der Waals surface area contributed by atoms with E-state index in [4.69, 9.17) is 0 Å². The Morgan fingerprint density at radius 1 is 1.12 bits per heavy atom. The van der Waals surface area contributed by atoms with Crippen LogP contribution in [0.25, 0.3) is 10.9 Å². The first-order chi connectivity index (χ1) is 12.7. The first-order valence-electron chi connectivity index (χ1n) is 9.92. The summed E-state index contributed by atoms with van der Waals surface area (Å²) in [6.07, 6.45) is 8.34. The molecule has 1 aliphatic carbocycles.